The number of amides is 1. The lowest BCUT2D eigenvalue weighted by Gasteiger charge is -2.21. The maximum Gasteiger partial charge on any atom is 0.244 e. The van der Waals surface area contributed by atoms with Crippen molar-refractivity contribution in [1.29, 1.82) is 0 Å². The molecule has 27 heavy (non-hydrogen) atoms. The Kier molecular flexibility index (Phi) is 6.86. The van der Waals surface area contributed by atoms with E-state index in [-0.39, 0.29) is 25.1 Å². The lowest BCUT2D eigenvalue weighted by atomic mass is 10.1. The molecule has 2 heterocycles. The van der Waals surface area contributed by atoms with Crippen LogP contribution in [0.15, 0.2) is 17.1 Å². The molecule has 0 atom stereocenters. The summed E-state index contributed by atoms with van der Waals surface area (Å²) in [5, 5.41) is 6.33. The van der Waals surface area contributed by atoms with Gasteiger partial charge >= 0.3 is 0 Å². The van der Waals surface area contributed by atoms with Crippen molar-refractivity contribution in [3.8, 4) is 5.75 Å². The van der Waals surface area contributed by atoms with Crippen molar-refractivity contribution in [1.82, 2.24) is 15.5 Å². The normalized spacial score (nSPS) is 16.7. The first-order valence-electron chi connectivity index (χ1n) is 9.49. The van der Waals surface area contributed by atoms with Crippen LogP contribution >= 0.6 is 0 Å². The van der Waals surface area contributed by atoms with E-state index in [0.717, 1.165) is 37.1 Å². The Hall–Kier alpha value is -2.35. The second kappa shape index (κ2) is 9.55. The first kappa shape index (κ1) is 19.4. The van der Waals surface area contributed by atoms with E-state index in [1.54, 1.807) is 0 Å². The molecule has 1 saturated heterocycles. The monoisotopic (exact) mass is 378 g/mol. The zero-order valence-corrected chi connectivity index (χ0v) is 15.7. The summed E-state index contributed by atoms with van der Waals surface area (Å²) >= 11 is 0. The number of fused-ring (bicyclic) bond motifs is 1. The van der Waals surface area contributed by atoms with Crippen molar-refractivity contribution in [3.63, 3.8) is 0 Å². The van der Waals surface area contributed by atoms with Gasteiger partial charge in [0.15, 0.2) is 12.8 Å². The molecular weight excluding hydrogens is 351 g/mol. The van der Waals surface area contributed by atoms with Gasteiger partial charge in [0.1, 0.15) is 18.1 Å². The second-order valence-electron chi connectivity index (χ2n) is 6.62. The van der Waals surface area contributed by atoms with E-state index in [2.05, 4.69) is 15.6 Å². The molecule has 0 bridgehead atoms. The number of ether oxygens (including phenoxy) is 2. The van der Waals surface area contributed by atoms with E-state index in [9.17, 15) is 9.18 Å². The second-order valence-corrected chi connectivity index (χ2v) is 6.62. The van der Waals surface area contributed by atoms with E-state index >= 15 is 0 Å². The molecule has 0 aromatic heterocycles. The number of halogens is 1. The van der Waals surface area contributed by atoms with Crippen molar-refractivity contribution in [2.24, 2.45) is 4.99 Å². The quantitative estimate of drug-likeness (QED) is 0.578. The van der Waals surface area contributed by atoms with Gasteiger partial charge in [-0.3, -0.25) is 4.79 Å². The number of rotatable bonds is 6. The van der Waals surface area contributed by atoms with Gasteiger partial charge in [0, 0.05) is 31.7 Å². The fourth-order valence-corrected chi connectivity index (χ4v) is 3.31. The van der Waals surface area contributed by atoms with E-state index < -0.39 is 0 Å². The number of likely N-dealkylation sites (tertiary alicyclic amines) is 1. The summed E-state index contributed by atoms with van der Waals surface area (Å²) in [6.45, 7) is 5.53. The zero-order valence-electron chi connectivity index (χ0n) is 15.7. The third-order valence-electron chi connectivity index (χ3n) is 4.61. The summed E-state index contributed by atoms with van der Waals surface area (Å²) in [7, 11) is 0. The molecule has 2 aliphatic heterocycles. The highest BCUT2D eigenvalue weighted by molar-refractivity contribution is 5.85. The first-order chi connectivity index (χ1) is 13.2. The molecule has 0 unspecified atom stereocenters. The van der Waals surface area contributed by atoms with Gasteiger partial charge < -0.3 is 25.0 Å². The topological polar surface area (TPSA) is 75.2 Å². The smallest absolute Gasteiger partial charge is 0.244 e. The standard InChI is InChI=1S/C19H27FN4O3/c1-2-21-19(23-11-17(25)24-7-3-4-8-24)22-6-5-14-9-16(20)10-15-12-26-13-27-18(14)15/h9-10H,2-8,11-13H2,1H3,(H2,21,22,23). The largest absolute Gasteiger partial charge is 0.467 e. The molecule has 0 spiro atoms. The molecule has 1 amide bonds. The summed E-state index contributed by atoms with van der Waals surface area (Å²) in [6.07, 6.45) is 2.71. The Labute approximate surface area is 158 Å². The van der Waals surface area contributed by atoms with Crippen LogP contribution < -0.4 is 15.4 Å². The summed E-state index contributed by atoms with van der Waals surface area (Å²) in [4.78, 5) is 18.4. The van der Waals surface area contributed by atoms with Gasteiger partial charge in [-0.05, 0) is 43.9 Å². The SMILES string of the molecule is CCNC(=NCC(=O)N1CCCC1)NCCc1cc(F)cc2c1OCOC2. The molecule has 8 heteroatoms. The number of carbonyl (C=O) groups excluding carboxylic acids is 1. The summed E-state index contributed by atoms with van der Waals surface area (Å²) in [5.41, 5.74) is 1.53. The van der Waals surface area contributed by atoms with Crippen LogP contribution in [-0.2, 0) is 22.6 Å². The third-order valence-corrected chi connectivity index (χ3v) is 4.61. The Balaban J connectivity index is 1.56. The van der Waals surface area contributed by atoms with Gasteiger partial charge in [-0.1, -0.05) is 0 Å². The molecule has 1 aromatic rings. The van der Waals surface area contributed by atoms with E-state index in [1.807, 2.05) is 11.8 Å². The van der Waals surface area contributed by atoms with Crippen LogP contribution in [0.5, 0.6) is 5.75 Å². The van der Waals surface area contributed by atoms with Gasteiger partial charge in [0.05, 0.1) is 6.61 Å². The van der Waals surface area contributed by atoms with Crippen molar-refractivity contribution in [3.05, 3.63) is 29.1 Å². The lowest BCUT2D eigenvalue weighted by molar-refractivity contribution is -0.128. The average molecular weight is 378 g/mol. The predicted octanol–water partition coefficient (Wildman–Crippen LogP) is 1.41. The molecular formula is C19H27FN4O3. The fraction of sp³-hybridized carbons (Fsp3) is 0.579. The first-order valence-corrected chi connectivity index (χ1v) is 9.49. The minimum atomic E-state index is -0.297. The number of nitrogens with zero attached hydrogens (tertiary/aromatic N) is 2. The van der Waals surface area contributed by atoms with Crippen molar-refractivity contribution >= 4 is 11.9 Å². The minimum absolute atomic E-state index is 0.0531. The molecule has 1 fully saturated rings. The molecule has 2 aliphatic rings. The highest BCUT2D eigenvalue weighted by atomic mass is 19.1. The Bertz CT molecular complexity index is 690. The van der Waals surface area contributed by atoms with E-state index in [4.69, 9.17) is 9.47 Å². The third kappa shape index (κ3) is 5.32. The Morgan fingerprint density at radius 1 is 1.30 bits per heavy atom. The van der Waals surface area contributed by atoms with E-state index in [1.165, 1.54) is 12.1 Å². The van der Waals surface area contributed by atoms with Crippen LogP contribution in [0.2, 0.25) is 0 Å². The number of carbonyl (C=O) groups is 1. The van der Waals surface area contributed by atoms with Crippen LogP contribution in [0, 0.1) is 5.82 Å². The molecule has 0 radical (unpaired) electrons. The summed E-state index contributed by atoms with van der Waals surface area (Å²) in [6, 6.07) is 2.94. The Morgan fingerprint density at radius 2 is 2.11 bits per heavy atom. The van der Waals surface area contributed by atoms with Crippen LogP contribution in [0.1, 0.15) is 30.9 Å². The number of guanidine groups is 1. The van der Waals surface area contributed by atoms with Crippen LogP contribution in [0.4, 0.5) is 4.39 Å². The molecule has 7 nitrogen and oxygen atoms in total. The average Bonchev–Trinajstić information content (AvgIpc) is 3.20. The van der Waals surface area contributed by atoms with Crippen LogP contribution in [-0.4, -0.2) is 56.3 Å². The van der Waals surface area contributed by atoms with Crippen molar-refractivity contribution < 1.29 is 18.7 Å². The fourth-order valence-electron chi connectivity index (χ4n) is 3.31. The van der Waals surface area contributed by atoms with E-state index in [0.29, 0.717) is 37.8 Å². The van der Waals surface area contributed by atoms with Gasteiger partial charge in [-0.25, -0.2) is 9.38 Å². The summed E-state index contributed by atoms with van der Waals surface area (Å²) in [5.74, 6) is 1.04. The highest BCUT2D eigenvalue weighted by Gasteiger charge is 2.18. The minimum Gasteiger partial charge on any atom is -0.467 e. The number of aliphatic imine (C=N–C) groups is 1. The number of hydrogen-bond acceptors (Lipinski definition) is 4. The van der Waals surface area contributed by atoms with Gasteiger partial charge in [0.2, 0.25) is 5.91 Å². The van der Waals surface area contributed by atoms with Gasteiger partial charge in [0.25, 0.3) is 0 Å². The lowest BCUT2D eigenvalue weighted by Crippen LogP contribution is -2.39. The molecule has 2 N–H and O–H groups in total. The van der Waals surface area contributed by atoms with Crippen molar-refractivity contribution in [2.45, 2.75) is 32.8 Å². The molecule has 0 aliphatic carbocycles. The maximum absolute atomic E-state index is 13.8. The Morgan fingerprint density at radius 3 is 2.89 bits per heavy atom. The number of nitrogens with one attached hydrogen (secondary N) is 2. The van der Waals surface area contributed by atoms with Crippen LogP contribution in [0.25, 0.3) is 0 Å². The molecule has 0 saturated carbocycles. The number of hydrogen-bond donors (Lipinski definition) is 2. The summed E-state index contributed by atoms with van der Waals surface area (Å²) < 4.78 is 24.6. The van der Waals surface area contributed by atoms with Gasteiger partial charge in [-0.2, -0.15) is 0 Å². The maximum atomic E-state index is 13.8. The predicted molar refractivity (Wildman–Crippen MR) is 100 cm³/mol. The molecule has 1 aromatic carbocycles. The van der Waals surface area contributed by atoms with Crippen LogP contribution in [0.3, 0.4) is 0 Å². The molecule has 148 valence electrons. The number of benzene rings is 1. The highest BCUT2D eigenvalue weighted by Crippen LogP contribution is 2.29. The van der Waals surface area contributed by atoms with Crippen molar-refractivity contribution in [2.75, 3.05) is 39.5 Å². The zero-order chi connectivity index (χ0) is 19.1. The molecule has 3 rings (SSSR count). The van der Waals surface area contributed by atoms with Gasteiger partial charge in [-0.15, -0.1) is 0 Å².